The molecule has 0 bridgehead atoms. The van der Waals surface area contributed by atoms with Gasteiger partial charge in [0.2, 0.25) is 0 Å². The Labute approximate surface area is 375 Å². The number of hydrogen-bond acceptors (Lipinski definition) is 4. The fourth-order valence-electron chi connectivity index (χ4n) is 9.20. The van der Waals surface area contributed by atoms with Crippen LogP contribution < -0.4 is 14.7 Å². The molecule has 63 heavy (non-hydrogen) atoms. The van der Waals surface area contributed by atoms with E-state index in [1.807, 2.05) is 6.20 Å². The molecule has 0 spiro atoms. The molecule has 0 fully saturated rings. The van der Waals surface area contributed by atoms with Gasteiger partial charge in [0.05, 0.1) is 22.4 Å². The SMILES string of the molecule is CN(c1cccc(N2CN(c3cc(C(C)(C)C)cc(C(C)(C)C)c3)c3ccccc32)c1)c1ccc2c3ccccc3n(-c3cc(C(C)(C)c4ccc(C(C)(C)C)cc4)ccn3)c2c1. The van der Waals surface area contributed by atoms with Crippen molar-refractivity contribution in [1.29, 1.82) is 0 Å². The summed E-state index contributed by atoms with van der Waals surface area (Å²) < 4.78 is 2.34. The Morgan fingerprint density at radius 3 is 1.67 bits per heavy atom. The van der Waals surface area contributed by atoms with E-state index in [9.17, 15) is 0 Å². The fraction of sp³-hybridized carbons (Fsp3) is 0.293. The third-order valence-corrected chi connectivity index (χ3v) is 13.4. The highest BCUT2D eigenvalue weighted by Gasteiger charge is 2.31. The van der Waals surface area contributed by atoms with Crippen LogP contribution in [0.3, 0.4) is 0 Å². The lowest BCUT2D eigenvalue weighted by molar-refractivity contribution is 0.568. The first-order valence-corrected chi connectivity index (χ1v) is 22.5. The molecule has 0 N–H and O–H groups in total. The van der Waals surface area contributed by atoms with Crippen LogP contribution in [0.2, 0.25) is 0 Å². The zero-order valence-electron chi connectivity index (χ0n) is 39.4. The van der Waals surface area contributed by atoms with E-state index in [4.69, 9.17) is 4.98 Å². The lowest BCUT2D eigenvalue weighted by Crippen LogP contribution is -2.25. The molecule has 2 aromatic heterocycles. The van der Waals surface area contributed by atoms with Crippen LogP contribution in [0.15, 0.2) is 152 Å². The second kappa shape index (κ2) is 15.2. The Balaban J connectivity index is 1.07. The molecule has 1 aliphatic rings. The normalized spacial score (nSPS) is 13.6. The van der Waals surface area contributed by atoms with Gasteiger partial charge in [-0.1, -0.05) is 149 Å². The summed E-state index contributed by atoms with van der Waals surface area (Å²) in [7, 11) is 2.18. The molecule has 5 nitrogen and oxygen atoms in total. The van der Waals surface area contributed by atoms with E-state index in [1.165, 1.54) is 55.7 Å². The molecule has 0 aliphatic carbocycles. The number of benzene rings is 6. The molecular formula is C58H63N5. The van der Waals surface area contributed by atoms with Gasteiger partial charge >= 0.3 is 0 Å². The van der Waals surface area contributed by atoms with Gasteiger partial charge in [-0.3, -0.25) is 4.57 Å². The van der Waals surface area contributed by atoms with Crippen molar-refractivity contribution in [1.82, 2.24) is 9.55 Å². The number of aromatic nitrogens is 2. The first-order valence-electron chi connectivity index (χ1n) is 22.5. The maximum Gasteiger partial charge on any atom is 0.137 e. The Hall–Kier alpha value is -6.33. The largest absolute Gasteiger partial charge is 0.344 e. The lowest BCUT2D eigenvalue weighted by Gasteiger charge is -2.29. The molecule has 9 rings (SSSR count). The highest BCUT2D eigenvalue weighted by atomic mass is 15.4. The van der Waals surface area contributed by atoms with E-state index in [0.717, 1.165) is 40.6 Å². The summed E-state index contributed by atoms with van der Waals surface area (Å²) in [5.41, 5.74) is 15.8. The lowest BCUT2D eigenvalue weighted by atomic mass is 9.77. The number of para-hydroxylation sites is 3. The van der Waals surface area contributed by atoms with E-state index in [2.05, 4.69) is 248 Å². The van der Waals surface area contributed by atoms with Crippen LogP contribution >= 0.6 is 0 Å². The summed E-state index contributed by atoms with van der Waals surface area (Å²) in [5, 5.41) is 2.42. The number of pyridine rings is 1. The molecule has 8 aromatic rings. The number of fused-ring (bicyclic) bond motifs is 4. The topological polar surface area (TPSA) is 27.5 Å². The molecule has 1 aliphatic heterocycles. The van der Waals surface area contributed by atoms with E-state index < -0.39 is 0 Å². The summed E-state index contributed by atoms with van der Waals surface area (Å²) in [5.74, 6) is 0.916. The third kappa shape index (κ3) is 7.66. The van der Waals surface area contributed by atoms with Crippen molar-refractivity contribution in [2.24, 2.45) is 0 Å². The average molecular weight is 830 g/mol. The summed E-state index contributed by atoms with van der Waals surface area (Å²) in [4.78, 5) is 12.3. The Morgan fingerprint density at radius 2 is 1.02 bits per heavy atom. The Morgan fingerprint density at radius 1 is 0.444 bits per heavy atom. The van der Waals surface area contributed by atoms with E-state index in [1.54, 1.807) is 0 Å². The fourth-order valence-corrected chi connectivity index (χ4v) is 9.20. The average Bonchev–Trinajstić information content (AvgIpc) is 3.81. The molecule has 0 unspecified atom stereocenters. The minimum absolute atomic E-state index is 0.0298. The van der Waals surface area contributed by atoms with Crippen LogP contribution in [0.1, 0.15) is 104 Å². The molecule has 3 heterocycles. The zero-order valence-corrected chi connectivity index (χ0v) is 39.4. The van der Waals surface area contributed by atoms with Gasteiger partial charge in [0, 0.05) is 52.2 Å². The van der Waals surface area contributed by atoms with Crippen LogP contribution in [0.4, 0.5) is 34.1 Å². The predicted octanol–water partition coefficient (Wildman–Crippen LogP) is 15.4. The van der Waals surface area contributed by atoms with E-state index >= 15 is 0 Å². The molecule has 5 heteroatoms. The monoisotopic (exact) mass is 830 g/mol. The van der Waals surface area contributed by atoms with E-state index in [0.29, 0.717) is 0 Å². The predicted molar refractivity (Wildman–Crippen MR) is 270 cm³/mol. The number of rotatable bonds is 7. The summed E-state index contributed by atoms with van der Waals surface area (Å²) in [6, 6.07) is 54.2. The van der Waals surface area contributed by atoms with Gasteiger partial charge in [0.15, 0.2) is 0 Å². The van der Waals surface area contributed by atoms with Crippen LogP contribution in [-0.2, 0) is 21.7 Å². The Bertz CT molecular complexity index is 2950. The van der Waals surface area contributed by atoms with Crippen LogP contribution in [0, 0.1) is 0 Å². The quantitative estimate of drug-likeness (QED) is 0.160. The first-order chi connectivity index (χ1) is 29.8. The molecule has 0 amide bonds. The molecule has 0 radical (unpaired) electrons. The van der Waals surface area contributed by atoms with Gasteiger partial charge in [-0.05, 0) is 117 Å². The van der Waals surface area contributed by atoms with Gasteiger partial charge < -0.3 is 14.7 Å². The molecule has 320 valence electrons. The van der Waals surface area contributed by atoms with Gasteiger partial charge in [-0.2, -0.15) is 0 Å². The van der Waals surface area contributed by atoms with E-state index in [-0.39, 0.29) is 21.7 Å². The third-order valence-electron chi connectivity index (χ3n) is 13.4. The van der Waals surface area contributed by atoms with Gasteiger partial charge in [0.25, 0.3) is 0 Å². The van der Waals surface area contributed by atoms with Crippen molar-refractivity contribution in [3.8, 4) is 5.82 Å². The summed E-state index contributed by atoms with van der Waals surface area (Å²) >= 11 is 0. The first kappa shape index (κ1) is 42.0. The molecule has 6 aromatic carbocycles. The highest BCUT2D eigenvalue weighted by Crippen LogP contribution is 2.47. The molecular weight excluding hydrogens is 767 g/mol. The van der Waals surface area contributed by atoms with Gasteiger partial charge in [-0.25, -0.2) is 4.98 Å². The second-order valence-corrected chi connectivity index (χ2v) is 21.2. The van der Waals surface area contributed by atoms with Crippen LogP contribution in [0.5, 0.6) is 0 Å². The minimum Gasteiger partial charge on any atom is -0.344 e. The van der Waals surface area contributed by atoms with Crippen LogP contribution in [-0.4, -0.2) is 23.3 Å². The van der Waals surface area contributed by atoms with Crippen molar-refractivity contribution in [3.05, 3.63) is 180 Å². The number of hydrogen-bond donors (Lipinski definition) is 0. The maximum atomic E-state index is 5.04. The Kier molecular flexibility index (Phi) is 10.1. The standard InChI is InChI=1S/C58H63N5/c1-55(2,3)39-24-26-40(27-25-39)58(10,11)41-30-31-59-54(35-41)63-50-21-14-13-20-48(50)49-29-28-45(37-53(49)63)60(12)44-18-17-19-46(36-44)61-38-62(52-23-16-15-22-51(52)61)47-33-42(56(4,5)6)32-43(34-47)57(7,8)9/h13-37H,38H2,1-12H3. The molecule has 0 atom stereocenters. The number of nitrogens with zero attached hydrogens (tertiary/aromatic N) is 5. The molecule has 0 saturated heterocycles. The van der Waals surface area contributed by atoms with Crippen molar-refractivity contribution in [2.75, 3.05) is 28.4 Å². The van der Waals surface area contributed by atoms with Gasteiger partial charge in [-0.15, -0.1) is 0 Å². The second-order valence-electron chi connectivity index (χ2n) is 21.2. The van der Waals surface area contributed by atoms with Gasteiger partial charge in [0.1, 0.15) is 12.5 Å². The van der Waals surface area contributed by atoms with Crippen molar-refractivity contribution >= 4 is 55.9 Å². The summed E-state index contributed by atoms with van der Waals surface area (Å²) in [6.45, 7) is 26.0. The number of anilines is 6. The summed E-state index contributed by atoms with van der Waals surface area (Å²) in [6.07, 6.45) is 1.97. The van der Waals surface area contributed by atoms with Crippen molar-refractivity contribution in [2.45, 2.75) is 97.8 Å². The zero-order chi connectivity index (χ0) is 44.6. The minimum atomic E-state index is -0.220. The maximum absolute atomic E-state index is 5.04. The highest BCUT2D eigenvalue weighted by molar-refractivity contribution is 6.10. The molecule has 0 saturated carbocycles. The van der Waals surface area contributed by atoms with Crippen molar-refractivity contribution in [3.63, 3.8) is 0 Å². The smallest absolute Gasteiger partial charge is 0.137 e. The van der Waals surface area contributed by atoms with Crippen LogP contribution in [0.25, 0.3) is 27.6 Å². The van der Waals surface area contributed by atoms with Crippen molar-refractivity contribution < 1.29 is 0 Å².